The van der Waals surface area contributed by atoms with Crippen molar-refractivity contribution in [1.29, 1.82) is 0 Å². The van der Waals surface area contributed by atoms with Crippen molar-refractivity contribution in [1.82, 2.24) is 14.1 Å². The number of H-pyrrole nitrogens is 1. The molecule has 13 rings (SSSR count). The minimum absolute atomic E-state index is 1.12. The molecule has 0 radical (unpaired) electrons. The number of nitrogens with one attached hydrogen (secondary N) is 1. The highest BCUT2D eigenvalue weighted by Gasteiger charge is 2.19. The first-order valence-corrected chi connectivity index (χ1v) is 21.7. The second kappa shape index (κ2) is 14.1. The molecule has 0 aliphatic rings. The molecule has 0 saturated heterocycles. The van der Waals surface area contributed by atoms with E-state index in [0.717, 1.165) is 22.4 Å². The summed E-state index contributed by atoms with van der Waals surface area (Å²) in [7, 11) is 0. The highest BCUT2D eigenvalue weighted by molar-refractivity contribution is 6.15. The van der Waals surface area contributed by atoms with Crippen molar-refractivity contribution < 1.29 is 0 Å². The average Bonchev–Trinajstić information content (AvgIpc) is 4.01. The summed E-state index contributed by atoms with van der Waals surface area (Å²) in [6, 6.07) is 84.2. The van der Waals surface area contributed by atoms with Crippen LogP contribution in [0.1, 0.15) is 0 Å². The fourth-order valence-electron chi connectivity index (χ4n) is 9.99. The normalized spacial score (nSPS) is 11.8. The molecular weight excluding hydrogens is 763 g/mol. The molecule has 3 nitrogen and oxygen atoms in total. The van der Waals surface area contributed by atoms with Crippen LogP contribution in [-0.2, 0) is 0 Å². The van der Waals surface area contributed by atoms with Crippen LogP contribution in [-0.4, -0.2) is 14.1 Å². The number of hydrogen-bond donors (Lipinski definition) is 1. The van der Waals surface area contributed by atoms with Gasteiger partial charge in [0.05, 0.1) is 22.1 Å². The fraction of sp³-hybridized carbons (Fsp3) is 0. The minimum Gasteiger partial charge on any atom is -0.355 e. The van der Waals surface area contributed by atoms with E-state index in [-0.39, 0.29) is 0 Å². The van der Waals surface area contributed by atoms with Crippen LogP contribution in [0.15, 0.2) is 231 Å². The molecular formula is C60H39N3. The molecule has 0 aliphatic heterocycles. The Kier molecular flexibility index (Phi) is 7.91. The summed E-state index contributed by atoms with van der Waals surface area (Å²) in [5.41, 5.74) is 18.9. The number of benzene rings is 10. The quantitative estimate of drug-likeness (QED) is 0.173. The van der Waals surface area contributed by atoms with Gasteiger partial charge in [0.15, 0.2) is 0 Å². The molecule has 0 unspecified atom stereocenters. The number of aromatic amines is 1. The summed E-state index contributed by atoms with van der Waals surface area (Å²) >= 11 is 0. The Morgan fingerprint density at radius 2 is 0.508 bits per heavy atom. The summed E-state index contributed by atoms with van der Waals surface area (Å²) in [5, 5.41) is 7.34. The van der Waals surface area contributed by atoms with E-state index in [4.69, 9.17) is 0 Å². The van der Waals surface area contributed by atoms with Gasteiger partial charge >= 0.3 is 0 Å². The lowest BCUT2D eigenvalue weighted by atomic mass is 10.0. The van der Waals surface area contributed by atoms with Crippen molar-refractivity contribution >= 4 is 65.4 Å². The first-order chi connectivity index (χ1) is 31.2. The van der Waals surface area contributed by atoms with E-state index in [1.54, 1.807) is 0 Å². The van der Waals surface area contributed by atoms with E-state index in [1.807, 2.05) is 0 Å². The van der Waals surface area contributed by atoms with E-state index in [0.29, 0.717) is 0 Å². The molecule has 1 N–H and O–H groups in total. The molecule has 0 spiro atoms. The first kappa shape index (κ1) is 35.4. The number of hydrogen-bond acceptors (Lipinski definition) is 0. The van der Waals surface area contributed by atoms with Crippen LogP contribution in [0.3, 0.4) is 0 Å². The molecule has 10 aromatic carbocycles. The molecule has 0 aliphatic carbocycles. The van der Waals surface area contributed by atoms with Crippen molar-refractivity contribution in [3.05, 3.63) is 231 Å². The maximum Gasteiger partial charge on any atom is 0.0541 e. The Morgan fingerprint density at radius 1 is 0.222 bits per heavy atom. The van der Waals surface area contributed by atoms with E-state index in [2.05, 4.69) is 245 Å². The lowest BCUT2D eigenvalue weighted by Gasteiger charge is -2.10. The second-order valence-corrected chi connectivity index (χ2v) is 16.6. The van der Waals surface area contributed by atoms with Crippen molar-refractivity contribution in [2.75, 3.05) is 0 Å². The summed E-state index contributed by atoms with van der Waals surface area (Å²) in [4.78, 5) is 3.76. The lowest BCUT2D eigenvalue weighted by Crippen LogP contribution is -1.94. The number of aromatic nitrogens is 3. The van der Waals surface area contributed by atoms with Gasteiger partial charge in [-0.2, -0.15) is 0 Å². The zero-order valence-corrected chi connectivity index (χ0v) is 34.3. The Hall–Kier alpha value is -8.40. The van der Waals surface area contributed by atoms with Gasteiger partial charge in [-0.1, -0.05) is 146 Å². The molecule has 0 atom stereocenters. The maximum absolute atomic E-state index is 3.76. The number of nitrogens with zero attached hydrogens (tertiary/aromatic N) is 2. The van der Waals surface area contributed by atoms with Crippen LogP contribution >= 0.6 is 0 Å². The standard InChI is InChI=1S/C60H39N3/c1-5-13-39(14-6-1)43-21-29-57-51(33-43)52-34-44(40-15-7-2-8-16-40)22-30-58(52)62(57)47-25-27-55-49(37-47)50-38-48(26-28-56(50)61-55)63-59-31-23-45(41-17-9-3-10-18-41)35-53(59)54-36-46(24-32-60(54)63)42-19-11-4-12-20-42/h1-38,61H. The van der Waals surface area contributed by atoms with Crippen LogP contribution in [0.25, 0.3) is 121 Å². The number of rotatable bonds is 6. The van der Waals surface area contributed by atoms with Crippen molar-refractivity contribution in [3.63, 3.8) is 0 Å². The highest BCUT2D eigenvalue weighted by Crippen LogP contribution is 2.41. The van der Waals surface area contributed by atoms with Gasteiger partial charge in [0.2, 0.25) is 0 Å². The van der Waals surface area contributed by atoms with Crippen LogP contribution < -0.4 is 0 Å². The average molecular weight is 802 g/mol. The predicted molar refractivity (Wildman–Crippen MR) is 266 cm³/mol. The zero-order chi connectivity index (χ0) is 41.4. The molecule has 294 valence electrons. The summed E-state index contributed by atoms with van der Waals surface area (Å²) in [6.07, 6.45) is 0. The number of fused-ring (bicyclic) bond motifs is 9. The fourth-order valence-corrected chi connectivity index (χ4v) is 9.99. The molecule has 0 amide bonds. The molecule has 13 aromatic rings. The van der Waals surface area contributed by atoms with Crippen molar-refractivity contribution in [2.45, 2.75) is 0 Å². The molecule has 63 heavy (non-hydrogen) atoms. The van der Waals surface area contributed by atoms with Gasteiger partial charge in [-0.05, 0) is 129 Å². The summed E-state index contributed by atoms with van der Waals surface area (Å²) in [5.74, 6) is 0. The van der Waals surface area contributed by atoms with Gasteiger partial charge in [0.1, 0.15) is 0 Å². The Morgan fingerprint density at radius 3 is 0.794 bits per heavy atom. The van der Waals surface area contributed by atoms with Crippen LogP contribution in [0.5, 0.6) is 0 Å². The largest absolute Gasteiger partial charge is 0.355 e. The third-order valence-corrected chi connectivity index (χ3v) is 13.0. The summed E-state index contributed by atoms with van der Waals surface area (Å²) < 4.78 is 4.88. The molecule has 3 aromatic heterocycles. The Balaban J connectivity index is 1.00. The maximum atomic E-state index is 3.76. The molecule has 3 heterocycles. The zero-order valence-electron chi connectivity index (χ0n) is 34.3. The van der Waals surface area contributed by atoms with Gasteiger partial charge in [0, 0.05) is 54.7 Å². The van der Waals surface area contributed by atoms with Gasteiger partial charge in [-0.15, -0.1) is 0 Å². The van der Waals surface area contributed by atoms with Crippen LogP contribution in [0, 0.1) is 0 Å². The van der Waals surface area contributed by atoms with Crippen LogP contribution in [0.2, 0.25) is 0 Å². The topological polar surface area (TPSA) is 25.6 Å². The Bertz CT molecular complexity index is 3430. The highest BCUT2D eigenvalue weighted by atomic mass is 15.0. The molecule has 0 bridgehead atoms. The van der Waals surface area contributed by atoms with Crippen LogP contribution in [0.4, 0.5) is 0 Å². The smallest absolute Gasteiger partial charge is 0.0541 e. The third kappa shape index (κ3) is 5.75. The van der Waals surface area contributed by atoms with Gasteiger partial charge in [-0.25, -0.2) is 0 Å². The van der Waals surface area contributed by atoms with E-state index in [9.17, 15) is 0 Å². The Labute approximate surface area is 364 Å². The van der Waals surface area contributed by atoms with Gasteiger partial charge < -0.3 is 14.1 Å². The van der Waals surface area contributed by atoms with Gasteiger partial charge in [-0.3, -0.25) is 0 Å². The molecule has 0 saturated carbocycles. The lowest BCUT2D eigenvalue weighted by molar-refractivity contribution is 1.18. The first-order valence-electron chi connectivity index (χ1n) is 21.7. The van der Waals surface area contributed by atoms with Crippen molar-refractivity contribution in [2.24, 2.45) is 0 Å². The minimum atomic E-state index is 1.12. The summed E-state index contributed by atoms with van der Waals surface area (Å²) in [6.45, 7) is 0. The third-order valence-electron chi connectivity index (χ3n) is 13.0. The SMILES string of the molecule is c1ccc(-c2ccc3c(c2)c2cc(-c4ccccc4)ccc2n3-c2ccc3[nH]c4ccc(-n5c6ccc(-c7ccccc7)cc6c6cc(-c7ccccc7)ccc65)cc4c3c2)cc1. The molecule has 3 heteroatoms. The predicted octanol–water partition coefficient (Wildman–Crippen LogP) is 16.2. The van der Waals surface area contributed by atoms with E-state index >= 15 is 0 Å². The van der Waals surface area contributed by atoms with Gasteiger partial charge in [0.25, 0.3) is 0 Å². The van der Waals surface area contributed by atoms with Crippen molar-refractivity contribution in [3.8, 4) is 55.9 Å². The van der Waals surface area contributed by atoms with E-state index < -0.39 is 0 Å². The van der Waals surface area contributed by atoms with E-state index in [1.165, 1.54) is 98.9 Å². The monoisotopic (exact) mass is 801 g/mol. The molecule has 0 fully saturated rings. The second-order valence-electron chi connectivity index (χ2n) is 16.6.